The van der Waals surface area contributed by atoms with Crippen LogP contribution in [0.3, 0.4) is 0 Å². The van der Waals surface area contributed by atoms with Gasteiger partial charge < -0.3 is 5.73 Å². The highest BCUT2D eigenvalue weighted by molar-refractivity contribution is 5.66. The number of rotatable bonds is 3. The maximum Gasteiger partial charge on any atom is 0.145 e. The summed E-state index contributed by atoms with van der Waals surface area (Å²) in [6.45, 7) is 10.9. The summed E-state index contributed by atoms with van der Waals surface area (Å²) in [5.74, 6) is 1.54. The number of hydrogen-bond acceptors (Lipinski definition) is 3. The Bertz CT molecular complexity index is 1070. The van der Waals surface area contributed by atoms with Crippen molar-refractivity contribution in [2.45, 2.75) is 65.7 Å². The van der Waals surface area contributed by atoms with Gasteiger partial charge in [0.15, 0.2) is 0 Å². The first-order valence-corrected chi connectivity index (χ1v) is 10.6. The van der Waals surface area contributed by atoms with E-state index in [1.807, 2.05) is 6.20 Å². The molecular formula is C26H31N3. The molecule has 1 fully saturated rings. The van der Waals surface area contributed by atoms with Crippen LogP contribution in [0.5, 0.6) is 0 Å². The van der Waals surface area contributed by atoms with Crippen LogP contribution < -0.4 is 5.73 Å². The number of nitrogens with two attached hydrogens (primary N) is 1. The molecule has 150 valence electrons. The van der Waals surface area contributed by atoms with Crippen LogP contribution in [0.4, 0.5) is 5.82 Å². The summed E-state index contributed by atoms with van der Waals surface area (Å²) < 4.78 is 0. The molecule has 0 saturated heterocycles. The Morgan fingerprint density at radius 1 is 0.862 bits per heavy atom. The van der Waals surface area contributed by atoms with Crippen molar-refractivity contribution in [1.29, 1.82) is 0 Å². The van der Waals surface area contributed by atoms with Crippen LogP contribution >= 0.6 is 0 Å². The average molecular weight is 386 g/mol. The standard InChI is InChI=1S/C26H31N3/c1-15-6-10-22(17(3)12-15)20-8-9-21(13-20)25-26(27)28-14-24(29-25)23-11-7-16(2)18(4)19(23)5/h6-7,10-12,14,20-21H,8-9,13H2,1-5H3,(H2,27,28). The predicted molar refractivity (Wildman–Crippen MR) is 121 cm³/mol. The summed E-state index contributed by atoms with van der Waals surface area (Å²) in [7, 11) is 0. The van der Waals surface area contributed by atoms with Gasteiger partial charge in [0, 0.05) is 11.5 Å². The lowest BCUT2D eigenvalue weighted by Gasteiger charge is -2.17. The van der Waals surface area contributed by atoms with Gasteiger partial charge in [0.05, 0.1) is 17.6 Å². The van der Waals surface area contributed by atoms with Gasteiger partial charge in [-0.1, -0.05) is 35.9 Å². The molecule has 0 radical (unpaired) electrons. The monoisotopic (exact) mass is 385 g/mol. The number of aromatic nitrogens is 2. The fourth-order valence-electron chi connectivity index (χ4n) is 4.87. The molecule has 1 aromatic heterocycles. The van der Waals surface area contributed by atoms with Gasteiger partial charge in [0.25, 0.3) is 0 Å². The smallest absolute Gasteiger partial charge is 0.145 e. The van der Waals surface area contributed by atoms with Gasteiger partial charge in [-0.15, -0.1) is 0 Å². The number of nitrogens with zero attached hydrogens (tertiary/aromatic N) is 2. The van der Waals surface area contributed by atoms with Crippen molar-refractivity contribution in [3.05, 3.63) is 75.6 Å². The second-order valence-corrected chi connectivity index (χ2v) is 8.77. The third-order valence-corrected chi connectivity index (χ3v) is 6.85. The summed E-state index contributed by atoms with van der Waals surface area (Å²) in [6, 6.07) is 11.2. The van der Waals surface area contributed by atoms with Crippen molar-refractivity contribution >= 4 is 5.82 Å². The number of anilines is 1. The molecule has 2 atom stereocenters. The molecule has 2 aromatic carbocycles. The average Bonchev–Trinajstić information content (AvgIpc) is 3.16. The number of nitrogen functional groups attached to an aromatic ring is 1. The SMILES string of the molecule is Cc1ccc(C2CCC(c3nc(-c4ccc(C)c(C)c4C)cnc3N)C2)c(C)c1. The summed E-state index contributed by atoms with van der Waals surface area (Å²) in [5.41, 5.74) is 17.5. The molecule has 0 aliphatic heterocycles. The summed E-state index contributed by atoms with van der Waals surface area (Å²) in [4.78, 5) is 9.57. The molecule has 0 spiro atoms. The third kappa shape index (κ3) is 3.66. The number of hydrogen-bond donors (Lipinski definition) is 1. The van der Waals surface area contributed by atoms with Gasteiger partial charge >= 0.3 is 0 Å². The molecule has 3 heteroatoms. The largest absolute Gasteiger partial charge is 0.382 e. The van der Waals surface area contributed by atoms with Gasteiger partial charge in [0.1, 0.15) is 5.82 Å². The van der Waals surface area contributed by atoms with Crippen LogP contribution in [-0.4, -0.2) is 9.97 Å². The first-order chi connectivity index (χ1) is 13.8. The first kappa shape index (κ1) is 19.6. The lowest BCUT2D eigenvalue weighted by Crippen LogP contribution is -2.07. The van der Waals surface area contributed by atoms with Gasteiger partial charge in [-0.05, 0) is 87.6 Å². The Hall–Kier alpha value is -2.68. The quantitative estimate of drug-likeness (QED) is 0.574. The Labute approximate surface area is 174 Å². The van der Waals surface area contributed by atoms with E-state index >= 15 is 0 Å². The predicted octanol–water partition coefficient (Wildman–Crippen LogP) is 6.32. The molecule has 2 N–H and O–H groups in total. The van der Waals surface area contributed by atoms with E-state index in [9.17, 15) is 0 Å². The maximum atomic E-state index is 6.30. The summed E-state index contributed by atoms with van der Waals surface area (Å²) in [6.07, 6.45) is 5.22. The van der Waals surface area contributed by atoms with Crippen LogP contribution in [0.1, 0.15) is 70.2 Å². The van der Waals surface area contributed by atoms with Crippen molar-refractivity contribution in [3.63, 3.8) is 0 Å². The Balaban J connectivity index is 1.65. The van der Waals surface area contributed by atoms with Gasteiger partial charge in [0.2, 0.25) is 0 Å². The van der Waals surface area contributed by atoms with Crippen LogP contribution in [-0.2, 0) is 0 Å². The molecule has 2 unspecified atom stereocenters. The van der Waals surface area contributed by atoms with Crippen LogP contribution in [0.2, 0.25) is 0 Å². The van der Waals surface area contributed by atoms with Gasteiger partial charge in [-0.3, -0.25) is 0 Å². The van der Waals surface area contributed by atoms with Crippen molar-refractivity contribution in [1.82, 2.24) is 9.97 Å². The van der Waals surface area contributed by atoms with Gasteiger partial charge in [-0.25, -0.2) is 9.97 Å². The Morgan fingerprint density at radius 2 is 1.62 bits per heavy atom. The zero-order valence-corrected chi connectivity index (χ0v) is 18.2. The molecular weight excluding hydrogens is 354 g/mol. The minimum atomic E-state index is 0.375. The lowest BCUT2D eigenvalue weighted by atomic mass is 9.91. The maximum absolute atomic E-state index is 6.30. The zero-order valence-electron chi connectivity index (χ0n) is 18.2. The number of benzene rings is 2. The molecule has 3 aromatic rings. The van der Waals surface area contributed by atoms with E-state index in [2.05, 4.69) is 69.9 Å². The second-order valence-electron chi connectivity index (χ2n) is 8.77. The molecule has 1 saturated carbocycles. The van der Waals surface area contributed by atoms with E-state index < -0.39 is 0 Å². The highest BCUT2D eigenvalue weighted by Crippen LogP contribution is 2.45. The second kappa shape index (κ2) is 7.62. The molecule has 4 rings (SSSR count). The van der Waals surface area contributed by atoms with E-state index in [0.717, 1.165) is 29.8 Å². The summed E-state index contributed by atoms with van der Waals surface area (Å²) >= 11 is 0. The third-order valence-electron chi connectivity index (χ3n) is 6.85. The fourth-order valence-corrected chi connectivity index (χ4v) is 4.87. The van der Waals surface area contributed by atoms with Crippen LogP contribution in [0.15, 0.2) is 36.5 Å². The van der Waals surface area contributed by atoms with Crippen LogP contribution in [0, 0.1) is 34.6 Å². The van der Waals surface area contributed by atoms with Crippen molar-refractivity contribution in [3.8, 4) is 11.3 Å². The first-order valence-electron chi connectivity index (χ1n) is 10.6. The highest BCUT2D eigenvalue weighted by Gasteiger charge is 2.30. The molecule has 29 heavy (non-hydrogen) atoms. The molecule has 0 amide bonds. The molecule has 3 nitrogen and oxygen atoms in total. The van der Waals surface area contributed by atoms with Crippen molar-refractivity contribution < 1.29 is 0 Å². The van der Waals surface area contributed by atoms with Crippen molar-refractivity contribution in [2.24, 2.45) is 0 Å². The molecule has 1 heterocycles. The molecule has 0 bridgehead atoms. The van der Waals surface area contributed by atoms with Crippen molar-refractivity contribution in [2.75, 3.05) is 5.73 Å². The molecule has 1 aliphatic rings. The fraction of sp³-hybridized carbons (Fsp3) is 0.385. The van der Waals surface area contributed by atoms with E-state index in [-0.39, 0.29) is 0 Å². The minimum absolute atomic E-state index is 0.375. The zero-order chi connectivity index (χ0) is 20.7. The highest BCUT2D eigenvalue weighted by atomic mass is 14.9. The Kier molecular flexibility index (Phi) is 5.16. The number of aryl methyl sites for hydroxylation is 3. The van der Waals surface area contributed by atoms with E-state index in [0.29, 0.717) is 17.7 Å². The van der Waals surface area contributed by atoms with E-state index in [1.165, 1.54) is 39.8 Å². The lowest BCUT2D eigenvalue weighted by molar-refractivity contribution is 0.667. The summed E-state index contributed by atoms with van der Waals surface area (Å²) in [5, 5.41) is 0. The van der Waals surface area contributed by atoms with Gasteiger partial charge in [-0.2, -0.15) is 0 Å². The normalized spacial score (nSPS) is 18.9. The van der Waals surface area contributed by atoms with Crippen LogP contribution in [0.25, 0.3) is 11.3 Å². The van der Waals surface area contributed by atoms with E-state index in [4.69, 9.17) is 10.7 Å². The topological polar surface area (TPSA) is 51.8 Å². The minimum Gasteiger partial charge on any atom is -0.382 e. The van der Waals surface area contributed by atoms with E-state index in [1.54, 1.807) is 0 Å². The molecule has 1 aliphatic carbocycles. The Morgan fingerprint density at radius 3 is 2.38 bits per heavy atom.